The smallest absolute Gasteiger partial charge is 0.856 e. The van der Waals surface area contributed by atoms with Gasteiger partial charge in [0.1, 0.15) is 0 Å². The summed E-state index contributed by atoms with van der Waals surface area (Å²) >= 11 is 0. The third-order valence-electron chi connectivity index (χ3n) is 1.61. The van der Waals surface area contributed by atoms with Gasteiger partial charge in [0.2, 0.25) is 0 Å². The molecule has 0 rings (SSSR count). The minimum absolute atomic E-state index is 0. The van der Waals surface area contributed by atoms with Gasteiger partial charge in [-0.3, -0.25) is 0 Å². The van der Waals surface area contributed by atoms with Crippen LogP contribution in [-0.4, -0.2) is 6.61 Å². The van der Waals surface area contributed by atoms with Crippen molar-refractivity contribution in [2.24, 2.45) is 5.92 Å². The molecule has 3 heteroatoms. The number of rotatable bonds is 5. The quantitative estimate of drug-likeness (QED) is 0.280. The summed E-state index contributed by atoms with van der Waals surface area (Å²) in [6.07, 6.45) is 5.49. The van der Waals surface area contributed by atoms with Gasteiger partial charge in [0.15, 0.2) is 0 Å². The molecule has 0 aliphatic carbocycles. The third-order valence-corrected chi connectivity index (χ3v) is 1.61. The van der Waals surface area contributed by atoms with Crippen molar-refractivity contribution in [1.29, 1.82) is 0 Å². The molecule has 0 aromatic heterocycles. The molecule has 0 saturated heterocycles. The van der Waals surface area contributed by atoms with Crippen LogP contribution in [0.2, 0.25) is 0 Å². The van der Waals surface area contributed by atoms with Gasteiger partial charge in [0.25, 0.3) is 0 Å². The number of hydrogen-bond donors (Lipinski definition) is 0. The second kappa shape index (κ2) is 13.7. The molecule has 0 saturated carbocycles. The molecule has 0 aliphatic rings. The normalized spacial score (nSPS) is 11.2. The van der Waals surface area contributed by atoms with Gasteiger partial charge in [0.05, 0.1) is 0 Å². The van der Waals surface area contributed by atoms with E-state index in [2.05, 4.69) is 6.92 Å². The van der Waals surface area contributed by atoms with Gasteiger partial charge in [-0.1, -0.05) is 26.2 Å². The Hall–Kier alpha value is 1.15. The topological polar surface area (TPSA) is 23.1 Å². The zero-order valence-corrected chi connectivity index (χ0v) is 8.39. The van der Waals surface area contributed by atoms with Gasteiger partial charge in [-0.05, 0) is 0 Å². The van der Waals surface area contributed by atoms with Crippen LogP contribution in [0.25, 0.3) is 0 Å². The fraction of sp³-hybridized carbons (Fsp3) is 0.875. The van der Waals surface area contributed by atoms with Crippen LogP contribution in [0, 0.1) is 12.3 Å². The minimum Gasteiger partial charge on any atom is -0.856 e. The summed E-state index contributed by atoms with van der Waals surface area (Å²) in [6, 6.07) is 0. The molecule has 0 radical (unpaired) electrons. The molecular weight excluding hydrogens is 126 g/mol. The first kappa shape index (κ1) is 18.0. The van der Waals surface area contributed by atoms with Gasteiger partial charge in [-0.15, -0.1) is 0 Å². The second-order valence-corrected chi connectivity index (χ2v) is 2.40. The summed E-state index contributed by atoms with van der Waals surface area (Å²) in [6.45, 7) is 4.19. The van der Waals surface area contributed by atoms with E-state index < -0.39 is 0 Å². The number of unbranched alkanes of at least 4 members (excludes halogenated alkanes) is 1. The van der Waals surface area contributed by atoms with Gasteiger partial charge < -0.3 is 11.5 Å². The van der Waals surface area contributed by atoms with Gasteiger partial charge in [0, 0.05) is 0 Å². The molecule has 11 heavy (non-hydrogen) atoms. The first-order chi connectivity index (χ1) is 4.35. The van der Waals surface area contributed by atoms with E-state index in [0.29, 0.717) is 5.92 Å². The Morgan fingerprint density at radius 2 is 1.91 bits per heavy atom. The average molecular weight is 142 g/mol. The van der Waals surface area contributed by atoms with Crippen molar-refractivity contribution < 1.29 is 42.8 Å². The predicted molar refractivity (Wildman–Crippen MR) is 37.9 cm³/mol. The van der Waals surface area contributed by atoms with Crippen LogP contribution in [0.1, 0.15) is 33.1 Å². The molecule has 0 spiro atoms. The molecule has 0 aliphatic heterocycles. The molecule has 0 amide bonds. The molecule has 1 nitrogen and oxygen atoms in total. The molecule has 0 fully saturated rings. The van der Waals surface area contributed by atoms with Crippen molar-refractivity contribution in [1.82, 2.24) is 0 Å². The van der Waals surface area contributed by atoms with E-state index in [4.69, 9.17) is 0 Å². The van der Waals surface area contributed by atoms with Crippen LogP contribution < -0.4 is 42.8 Å². The Bertz CT molecular complexity index is 56.1. The van der Waals surface area contributed by atoms with Crippen LogP contribution in [0.15, 0.2) is 0 Å². The van der Waals surface area contributed by atoms with Crippen LogP contribution in [0.4, 0.5) is 0 Å². The molecule has 1 unspecified atom stereocenters. The molecule has 1 atom stereocenters. The van der Waals surface area contributed by atoms with Crippen LogP contribution in [-0.2, 0) is 0 Å². The summed E-state index contributed by atoms with van der Waals surface area (Å²) in [5.41, 5.74) is 0. The first-order valence-electron chi connectivity index (χ1n) is 3.72. The third kappa shape index (κ3) is 11.2. The molecule has 0 aromatic carbocycles. The van der Waals surface area contributed by atoms with Crippen molar-refractivity contribution in [3.05, 3.63) is 6.42 Å². The Morgan fingerprint density at radius 1 is 1.36 bits per heavy atom. The molecule has 0 aromatic rings. The first-order valence-corrected chi connectivity index (χ1v) is 3.72. The monoisotopic (exact) mass is 142 g/mol. The zero-order chi connectivity index (χ0) is 7.11. The van der Waals surface area contributed by atoms with E-state index in [1.165, 1.54) is 12.8 Å². The Kier molecular flexibility index (Phi) is 22.5. The Balaban J connectivity index is -0.000000320. The van der Waals surface area contributed by atoms with Crippen molar-refractivity contribution in [3.8, 4) is 0 Å². The van der Waals surface area contributed by atoms with E-state index >= 15 is 0 Å². The molecule has 0 heterocycles. The van der Waals surface area contributed by atoms with E-state index in [9.17, 15) is 5.11 Å². The van der Waals surface area contributed by atoms with Crippen molar-refractivity contribution in [2.75, 3.05) is 6.61 Å². The predicted octanol–water partition coefficient (Wildman–Crippen LogP) is -4.61. The molecular formula is C8H16Li2O. The number of hydrogen-bond acceptors (Lipinski definition) is 1. The summed E-state index contributed by atoms with van der Waals surface area (Å²) in [7, 11) is 0. The molecule has 0 N–H and O–H groups in total. The maximum atomic E-state index is 10.3. The van der Waals surface area contributed by atoms with E-state index in [-0.39, 0.29) is 44.3 Å². The fourth-order valence-electron chi connectivity index (χ4n) is 0.813. The molecule has 0 bridgehead atoms. The van der Waals surface area contributed by atoms with E-state index in [0.717, 1.165) is 6.42 Å². The van der Waals surface area contributed by atoms with Crippen LogP contribution >= 0.6 is 0 Å². The summed E-state index contributed by atoms with van der Waals surface area (Å²) in [4.78, 5) is 0. The average Bonchev–Trinajstić information content (AvgIpc) is 1.91. The standard InChI is InChI=1S/C8H16O.2Li/c1-3-5-6-8(4-2)7-9;;/h4,8H,3,5-7H2,1-2H3;;/q-2;2*+1. The van der Waals surface area contributed by atoms with Gasteiger partial charge in [-0.25, -0.2) is 0 Å². The van der Waals surface area contributed by atoms with E-state index in [1.54, 1.807) is 0 Å². The summed E-state index contributed by atoms with van der Waals surface area (Å²) < 4.78 is 0. The summed E-state index contributed by atoms with van der Waals surface area (Å²) in [5, 5.41) is 10.3. The maximum Gasteiger partial charge on any atom is 1.00 e. The van der Waals surface area contributed by atoms with Gasteiger partial charge >= 0.3 is 37.7 Å². The van der Waals surface area contributed by atoms with Crippen molar-refractivity contribution in [3.63, 3.8) is 0 Å². The fourth-order valence-corrected chi connectivity index (χ4v) is 0.813. The maximum absolute atomic E-state index is 10.3. The SMILES string of the molecule is C[CH-]C(C[O-])CCCC.[Li+].[Li+]. The van der Waals surface area contributed by atoms with E-state index in [1.807, 2.05) is 13.3 Å². The zero-order valence-electron chi connectivity index (χ0n) is 8.39. The van der Waals surface area contributed by atoms with Crippen molar-refractivity contribution >= 4 is 0 Å². The summed E-state index contributed by atoms with van der Waals surface area (Å²) in [5.74, 6) is 0.324. The van der Waals surface area contributed by atoms with Crippen LogP contribution in [0.5, 0.6) is 0 Å². The Labute approximate surface area is 94.7 Å². The Morgan fingerprint density at radius 3 is 2.18 bits per heavy atom. The second-order valence-electron chi connectivity index (χ2n) is 2.40. The van der Waals surface area contributed by atoms with Crippen LogP contribution in [0.3, 0.4) is 0 Å². The van der Waals surface area contributed by atoms with Crippen molar-refractivity contribution in [2.45, 2.75) is 33.1 Å². The van der Waals surface area contributed by atoms with Gasteiger partial charge in [-0.2, -0.15) is 19.4 Å². The minimum atomic E-state index is 0. The largest absolute Gasteiger partial charge is 1.00 e. The molecule has 56 valence electrons.